The van der Waals surface area contributed by atoms with Gasteiger partial charge in [-0.25, -0.2) is 9.78 Å². The summed E-state index contributed by atoms with van der Waals surface area (Å²) in [6.45, 7) is 11.7. The average Bonchev–Trinajstić information content (AvgIpc) is 3.21. The highest BCUT2D eigenvalue weighted by Crippen LogP contribution is 2.38. The van der Waals surface area contributed by atoms with Crippen LogP contribution in [0.25, 0.3) is 0 Å². The number of fused-ring (bicyclic) bond motifs is 1. The van der Waals surface area contributed by atoms with Crippen LogP contribution in [0.4, 0.5) is 16.4 Å². The fraction of sp³-hybridized carbons (Fsp3) is 0.727. The van der Waals surface area contributed by atoms with E-state index in [1.807, 2.05) is 27.7 Å². The first kappa shape index (κ1) is 24.5. The molecule has 32 heavy (non-hydrogen) atoms. The van der Waals surface area contributed by atoms with Crippen molar-refractivity contribution in [3.8, 4) is 0 Å². The van der Waals surface area contributed by atoms with Gasteiger partial charge in [0.2, 0.25) is 11.2 Å². The minimum atomic E-state index is -0.952. The van der Waals surface area contributed by atoms with Crippen LogP contribution in [-0.4, -0.2) is 75.4 Å². The lowest BCUT2D eigenvalue weighted by atomic mass is 10.1. The summed E-state index contributed by atoms with van der Waals surface area (Å²) in [4.78, 5) is 39.8. The maximum Gasteiger partial charge on any atom is 0.410 e. The Bertz CT molecular complexity index is 896. The van der Waals surface area contributed by atoms with E-state index in [1.54, 1.807) is 35.6 Å². The van der Waals surface area contributed by atoms with Gasteiger partial charge in [-0.2, -0.15) is 4.98 Å². The molecule has 2 amide bonds. The van der Waals surface area contributed by atoms with E-state index in [0.717, 1.165) is 12.8 Å². The summed E-state index contributed by atoms with van der Waals surface area (Å²) in [7, 11) is 1.80. The van der Waals surface area contributed by atoms with Crippen LogP contribution in [0, 0.1) is 0 Å². The first-order valence-corrected chi connectivity index (χ1v) is 11.4. The zero-order valence-electron chi connectivity index (χ0n) is 20.0. The Labute approximate surface area is 194 Å². The van der Waals surface area contributed by atoms with Gasteiger partial charge in [-0.15, -0.1) is 0 Å². The van der Waals surface area contributed by atoms with Gasteiger partial charge in [0.05, 0.1) is 24.1 Å². The van der Waals surface area contributed by atoms with Crippen LogP contribution < -0.4 is 9.80 Å². The number of carbonyl (C=O) groups is 2. The number of ether oxygens (including phenoxy) is 1. The van der Waals surface area contributed by atoms with Gasteiger partial charge in [0, 0.05) is 25.7 Å². The van der Waals surface area contributed by atoms with Crippen LogP contribution in [0.5, 0.6) is 0 Å². The summed E-state index contributed by atoms with van der Waals surface area (Å²) in [6, 6.07) is -0.497. The van der Waals surface area contributed by atoms with Crippen molar-refractivity contribution in [1.82, 2.24) is 14.9 Å². The molecule has 2 atom stereocenters. The number of likely N-dealkylation sites (N-methyl/N-ethyl adjacent to an activating group) is 1. The third kappa shape index (κ3) is 5.26. The second-order valence-corrected chi connectivity index (χ2v) is 10.7. The first-order valence-electron chi connectivity index (χ1n) is 11.0. The fourth-order valence-electron chi connectivity index (χ4n) is 4.55. The molecule has 9 nitrogen and oxygen atoms in total. The molecule has 1 unspecified atom stereocenters. The Morgan fingerprint density at radius 1 is 1.31 bits per heavy atom. The Hall–Kier alpha value is -2.13. The summed E-state index contributed by atoms with van der Waals surface area (Å²) in [5, 5.41) is 10.3. The van der Waals surface area contributed by atoms with E-state index < -0.39 is 11.2 Å². The van der Waals surface area contributed by atoms with E-state index in [1.165, 1.54) is 0 Å². The third-order valence-corrected chi connectivity index (χ3v) is 5.81. The molecular formula is C22H34ClN5O4. The van der Waals surface area contributed by atoms with Crippen molar-refractivity contribution >= 4 is 35.2 Å². The van der Waals surface area contributed by atoms with Crippen molar-refractivity contribution in [2.75, 3.05) is 29.9 Å². The number of hydrogen-bond donors (Lipinski definition) is 1. The fourth-order valence-corrected chi connectivity index (χ4v) is 4.71. The van der Waals surface area contributed by atoms with Crippen LogP contribution in [0.1, 0.15) is 59.9 Å². The number of likely N-dealkylation sites (tertiary alicyclic amines) is 1. The van der Waals surface area contributed by atoms with Crippen molar-refractivity contribution in [3.05, 3.63) is 10.8 Å². The molecule has 178 valence electrons. The quantitative estimate of drug-likeness (QED) is 0.664. The summed E-state index contributed by atoms with van der Waals surface area (Å²) in [6.07, 6.45) is 1.38. The summed E-state index contributed by atoms with van der Waals surface area (Å²) >= 11 is 6.24. The number of rotatable bonds is 5. The molecule has 0 saturated carbocycles. The maximum absolute atomic E-state index is 13.1. The molecule has 2 aliphatic heterocycles. The van der Waals surface area contributed by atoms with Crippen LogP contribution in [0.2, 0.25) is 5.28 Å². The molecule has 1 N–H and O–H groups in total. The van der Waals surface area contributed by atoms with Crippen LogP contribution in [0.3, 0.4) is 0 Å². The number of amides is 2. The van der Waals surface area contributed by atoms with Gasteiger partial charge in [0.25, 0.3) is 0 Å². The topological polar surface area (TPSA) is 99.1 Å². The van der Waals surface area contributed by atoms with Gasteiger partial charge in [-0.1, -0.05) is 0 Å². The molecule has 0 aromatic carbocycles. The maximum atomic E-state index is 13.1. The van der Waals surface area contributed by atoms with Crippen LogP contribution in [0.15, 0.2) is 0 Å². The molecule has 0 bridgehead atoms. The zero-order valence-corrected chi connectivity index (χ0v) is 20.7. The number of anilines is 2. The van der Waals surface area contributed by atoms with Gasteiger partial charge in [-0.3, -0.25) is 9.69 Å². The van der Waals surface area contributed by atoms with Gasteiger partial charge in [0.1, 0.15) is 17.2 Å². The molecule has 0 aliphatic carbocycles. The highest BCUT2D eigenvalue weighted by molar-refractivity contribution is 6.28. The van der Waals surface area contributed by atoms with E-state index in [-0.39, 0.29) is 35.8 Å². The molecule has 0 radical (unpaired) electrons. The predicted molar refractivity (Wildman–Crippen MR) is 123 cm³/mol. The molecule has 3 rings (SSSR count). The number of aromatic nitrogens is 2. The Balaban J connectivity index is 1.91. The minimum absolute atomic E-state index is 0.0312. The second kappa shape index (κ2) is 8.67. The molecule has 3 heterocycles. The highest BCUT2D eigenvalue weighted by Gasteiger charge is 2.43. The van der Waals surface area contributed by atoms with E-state index in [4.69, 9.17) is 16.3 Å². The third-order valence-electron chi connectivity index (χ3n) is 5.64. The largest absolute Gasteiger partial charge is 0.444 e. The molecular weight excluding hydrogens is 434 g/mol. The van der Waals surface area contributed by atoms with Crippen molar-refractivity contribution in [1.29, 1.82) is 0 Å². The van der Waals surface area contributed by atoms with Gasteiger partial charge < -0.3 is 19.6 Å². The molecule has 0 spiro atoms. The Morgan fingerprint density at radius 2 is 1.97 bits per heavy atom. The van der Waals surface area contributed by atoms with Crippen molar-refractivity contribution in [2.45, 2.75) is 84.1 Å². The van der Waals surface area contributed by atoms with Gasteiger partial charge >= 0.3 is 6.09 Å². The van der Waals surface area contributed by atoms with Gasteiger partial charge in [-0.05, 0) is 66.0 Å². The minimum Gasteiger partial charge on any atom is -0.444 e. The Morgan fingerprint density at radius 3 is 2.56 bits per heavy atom. The number of halogens is 1. The number of carbonyl (C=O) groups excluding carboxylic acids is 2. The summed E-state index contributed by atoms with van der Waals surface area (Å²) in [5.41, 5.74) is -0.865. The summed E-state index contributed by atoms with van der Waals surface area (Å²) < 4.78 is 5.58. The lowest BCUT2D eigenvalue weighted by Gasteiger charge is -2.35. The molecule has 2 aliphatic rings. The average molecular weight is 468 g/mol. The number of nitrogens with zero attached hydrogens (tertiary/aromatic N) is 5. The molecule has 10 heteroatoms. The van der Waals surface area contributed by atoms with Gasteiger partial charge in [0.15, 0.2) is 0 Å². The monoisotopic (exact) mass is 467 g/mol. The Kier molecular flexibility index (Phi) is 6.64. The number of aliphatic hydroxyl groups is 1. The van der Waals surface area contributed by atoms with E-state index >= 15 is 0 Å². The van der Waals surface area contributed by atoms with E-state index in [0.29, 0.717) is 30.3 Å². The van der Waals surface area contributed by atoms with Crippen molar-refractivity contribution in [3.63, 3.8) is 0 Å². The lowest BCUT2D eigenvalue weighted by Crippen LogP contribution is -2.51. The van der Waals surface area contributed by atoms with Crippen molar-refractivity contribution < 1.29 is 19.4 Å². The highest BCUT2D eigenvalue weighted by atomic mass is 35.5. The smallest absolute Gasteiger partial charge is 0.410 e. The zero-order chi connectivity index (χ0) is 24.0. The van der Waals surface area contributed by atoms with Crippen LogP contribution >= 0.6 is 11.6 Å². The molecule has 1 aromatic heterocycles. The SMILES string of the molecule is CC([C@@H]1CCCN1C(=O)OC(C)(C)C)N1C(=O)Cc2c(N(C)CC(C)(C)O)nc(Cl)nc21. The first-order chi connectivity index (χ1) is 14.7. The van der Waals surface area contributed by atoms with Crippen LogP contribution in [-0.2, 0) is 16.0 Å². The second-order valence-electron chi connectivity index (χ2n) is 10.4. The predicted octanol–water partition coefficient (Wildman–Crippen LogP) is 3.01. The standard InChI is InChI=1S/C22H34ClN5O4/c1-13(15-9-8-10-27(15)20(30)32-21(2,3)4)28-16(29)11-14-17(24-19(23)25-18(14)28)26(7)12-22(5,6)31/h13,15,31H,8-12H2,1-7H3/t13?,15-/m0/s1. The lowest BCUT2D eigenvalue weighted by molar-refractivity contribution is -0.118. The van der Waals surface area contributed by atoms with E-state index in [2.05, 4.69) is 9.97 Å². The summed E-state index contributed by atoms with van der Waals surface area (Å²) in [5.74, 6) is 0.884. The normalized spacial score (nSPS) is 19.9. The van der Waals surface area contributed by atoms with E-state index in [9.17, 15) is 14.7 Å². The van der Waals surface area contributed by atoms with Crippen molar-refractivity contribution in [2.24, 2.45) is 0 Å². The molecule has 1 aromatic rings. The molecule has 1 fully saturated rings. The number of hydrogen-bond acceptors (Lipinski definition) is 7. The molecule has 1 saturated heterocycles.